The number of benzene rings is 1. The van der Waals surface area contributed by atoms with E-state index in [4.69, 9.17) is 16.3 Å². The van der Waals surface area contributed by atoms with Gasteiger partial charge in [0.2, 0.25) is 5.13 Å². The molecule has 0 radical (unpaired) electrons. The van der Waals surface area contributed by atoms with Crippen LogP contribution in [0.2, 0.25) is 5.02 Å². The first-order chi connectivity index (χ1) is 10.4. The van der Waals surface area contributed by atoms with Gasteiger partial charge in [0.05, 0.1) is 0 Å². The molecule has 1 N–H and O–H groups in total. The molecule has 0 bridgehead atoms. The molecule has 0 saturated heterocycles. The van der Waals surface area contributed by atoms with E-state index in [1.807, 2.05) is 0 Å². The first kappa shape index (κ1) is 16.7. The summed E-state index contributed by atoms with van der Waals surface area (Å²) >= 11 is 7.20. The van der Waals surface area contributed by atoms with Gasteiger partial charge in [0.1, 0.15) is 10.8 Å². The molecule has 1 unspecified atom stereocenters. The first-order valence-corrected chi connectivity index (χ1v) is 8.19. The van der Waals surface area contributed by atoms with Gasteiger partial charge in [-0.1, -0.05) is 36.8 Å². The molecular weight excluding hydrogens is 322 g/mol. The quantitative estimate of drug-likeness (QED) is 0.869. The highest BCUT2D eigenvalue weighted by Gasteiger charge is 2.17. The molecule has 5 nitrogen and oxygen atoms in total. The fourth-order valence-corrected chi connectivity index (χ4v) is 2.79. The van der Waals surface area contributed by atoms with Gasteiger partial charge in [-0.25, -0.2) is 0 Å². The van der Waals surface area contributed by atoms with Crippen molar-refractivity contribution in [3.8, 4) is 5.75 Å². The Labute approximate surface area is 138 Å². The van der Waals surface area contributed by atoms with Crippen LogP contribution >= 0.6 is 22.9 Å². The third kappa shape index (κ3) is 4.96. The van der Waals surface area contributed by atoms with E-state index in [1.54, 1.807) is 31.2 Å². The minimum absolute atomic E-state index is 0.262. The molecule has 0 fully saturated rings. The molecule has 0 spiro atoms. The summed E-state index contributed by atoms with van der Waals surface area (Å²) in [5.41, 5.74) is 0. The molecule has 1 aromatic carbocycles. The summed E-state index contributed by atoms with van der Waals surface area (Å²) in [4.78, 5) is 12.1. The Morgan fingerprint density at radius 1 is 1.27 bits per heavy atom. The molecule has 0 aliphatic carbocycles. The Hall–Kier alpha value is -1.66. The van der Waals surface area contributed by atoms with Crippen molar-refractivity contribution in [1.29, 1.82) is 0 Å². The predicted octanol–water partition coefficient (Wildman–Crippen LogP) is 3.80. The molecule has 1 amide bonds. The van der Waals surface area contributed by atoms with Crippen molar-refractivity contribution in [3.05, 3.63) is 34.3 Å². The van der Waals surface area contributed by atoms with Crippen molar-refractivity contribution in [1.82, 2.24) is 10.2 Å². The first-order valence-electron chi connectivity index (χ1n) is 6.99. The number of rotatable bonds is 6. The highest BCUT2D eigenvalue weighted by molar-refractivity contribution is 7.15. The van der Waals surface area contributed by atoms with Crippen LogP contribution in [-0.4, -0.2) is 22.2 Å². The molecule has 1 heterocycles. The molecule has 118 valence electrons. The molecular formula is C15H18ClN3O2S. The summed E-state index contributed by atoms with van der Waals surface area (Å²) in [6.07, 6.45) is 0.211. The number of hydrogen-bond donors (Lipinski definition) is 1. The lowest BCUT2D eigenvalue weighted by atomic mass is 10.1. The average Bonchev–Trinajstić information content (AvgIpc) is 2.87. The minimum Gasteiger partial charge on any atom is -0.481 e. The molecule has 22 heavy (non-hydrogen) atoms. The Morgan fingerprint density at radius 3 is 2.59 bits per heavy atom. The van der Waals surface area contributed by atoms with E-state index in [0.29, 0.717) is 21.8 Å². The van der Waals surface area contributed by atoms with E-state index in [2.05, 4.69) is 29.4 Å². The van der Waals surface area contributed by atoms with Gasteiger partial charge in [0.15, 0.2) is 6.10 Å². The second-order valence-corrected chi connectivity index (χ2v) is 6.80. The SMILES string of the molecule is CC(C)Cc1nnc(NC(=O)C(C)Oc2ccc(Cl)cc2)s1. The van der Waals surface area contributed by atoms with Crippen molar-refractivity contribution < 1.29 is 9.53 Å². The van der Waals surface area contributed by atoms with E-state index in [1.165, 1.54) is 11.3 Å². The topological polar surface area (TPSA) is 64.1 Å². The molecule has 2 aromatic rings. The van der Waals surface area contributed by atoms with Crippen LogP contribution < -0.4 is 10.1 Å². The lowest BCUT2D eigenvalue weighted by Crippen LogP contribution is -2.30. The molecule has 0 saturated carbocycles. The van der Waals surface area contributed by atoms with Crippen molar-refractivity contribution >= 4 is 34.0 Å². The fraction of sp³-hybridized carbons (Fsp3) is 0.400. The number of nitrogens with zero attached hydrogens (tertiary/aromatic N) is 2. The number of nitrogens with one attached hydrogen (secondary N) is 1. The summed E-state index contributed by atoms with van der Waals surface area (Å²) in [6, 6.07) is 6.87. The van der Waals surface area contributed by atoms with Gasteiger partial charge >= 0.3 is 0 Å². The fourth-order valence-electron chi connectivity index (χ4n) is 1.71. The third-order valence-electron chi connectivity index (χ3n) is 2.78. The van der Waals surface area contributed by atoms with Gasteiger partial charge in [-0.05, 0) is 37.1 Å². The van der Waals surface area contributed by atoms with Crippen molar-refractivity contribution in [2.24, 2.45) is 5.92 Å². The van der Waals surface area contributed by atoms with Crippen LogP contribution in [0.3, 0.4) is 0 Å². The molecule has 7 heteroatoms. The molecule has 1 aromatic heterocycles. The van der Waals surface area contributed by atoms with Gasteiger partial charge in [-0.3, -0.25) is 10.1 Å². The van der Waals surface area contributed by atoms with E-state index in [-0.39, 0.29) is 5.91 Å². The normalized spacial score (nSPS) is 12.2. The lowest BCUT2D eigenvalue weighted by molar-refractivity contribution is -0.122. The average molecular weight is 340 g/mol. The van der Waals surface area contributed by atoms with E-state index in [9.17, 15) is 4.79 Å². The maximum Gasteiger partial charge on any atom is 0.266 e. The number of halogens is 1. The standard InChI is InChI=1S/C15H18ClN3O2S/c1-9(2)8-13-18-19-15(22-13)17-14(20)10(3)21-12-6-4-11(16)5-7-12/h4-7,9-10H,8H2,1-3H3,(H,17,19,20). The van der Waals surface area contributed by atoms with Crippen molar-refractivity contribution in [3.63, 3.8) is 0 Å². The van der Waals surface area contributed by atoms with Crippen LogP contribution in [0.1, 0.15) is 25.8 Å². The number of carbonyl (C=O) groups excluding carboxylic acids is 1. The van der Waals surface area contributed by atoms with Crippen LogP contribution in [0, 0.1) is 5.92 Å². The van der Waals surface area contributed by atoms with Gasteiger partial charge in [0.25, 0.3) is 5.91 Å². The van der Waals surface area contributed by atoms with E-state index < -0.39 is 6.10 Å². The van der Waals surface area contributed by atoms with Crippen LogP contribution in [0.4, 0.5) is 5.13 Å². The smallest absolute Gasteiger partial charge is 0.266 e. The monoisotopic (exact) mass is 339 g/mol. The van der Waals surface area contributed by atoms with Crippen LogP contribution in [0.25, 0.3) is 0 Å². The largest absolute Gasteiger partial charge is 0.481 e. The van der Waals surface area contributed by atoms with Gasteiger partial charge in [-0.2, -0.15) is 0 Å². The number of amides is 1. The summed E-state index contributed by atoms with van der Waals surface area (Å²) in [7, 11) is 0. The number of hydrogen-bond acceptors (Lipinski definition) is 5. The molecule has 0 aliphatic rings. The Kier molecular flexibility index (Phi) is 5.74. The van der Waals surface area contributed by atoms with Crippen LogP contribution in [-0.2, 0) is 11.2 Å². The third-order valence-corrected chi connectivity index (χ3v) is 3.89. The van der Waals surface area contributed by atoms with Gasteiger partial charge in [-0.15, -0.1) is 10.2 Å². The van der Waals surface area contributed by atoms with E-state index in [0.717, 1.165) is 11.4 Å². The zero-order valence-corrected chi connectivity index (χ0v) is 14.2. The highest BCUT2D eigenvalue weighted by Crippen LogP contribution is 2.20. The van der Waals surface area contributed by atoms with E-state index >= 15 is 0 Å². The summed E-state index contributed by atoms with van der Waals surface area (Å²) < 4.78 is 5.56. The van der Waals surface area contributed by atoms with Crippen molar-refractivity contribution in [2.45, 2.75) is 33.3 Å². The summed E-state index contributed by atoms with van der Waals surface area (Å²) in [5, 5.41) is 12.8. The molecule has 0 aliphatic heterocycles. The lowest BCUT2D eigenvalue weighted by Gasteiger charge is -2.13. The number of aromatic nitrogens is 2. The molecule has 2 rings (SSSR count). The van der Waals surface area contributed by atoms with Gasteiger partial charge < -0.3 is 4.74 Å². The summed E-state index contributed by atoms with van der Waals surface area (Å²) in [6.45, 7) is 5.91. The second-order valence-electron chi connectivity index (χ2n) is 5.30. The van der Waals surface area contributed by atoms with Crippen LogP contribution in [0.5, 0.6) is 5.75 Å². The second kappa shape index (κ2) is 7.56. The maximum absolute atomic E-state index is 12.1. The Bertz CT molecular complexity index is 628. The highest BCUT2D eigenvalue weighted by atomic mass is 35.5. The number of ether oxygens (including phenoxy) is 1. The maximum atomic E-state index is 12.1. The predicted molar refractivity (Wildman–Crippen MR) is 88.6 cm³/mol. The number of anilines is 1. The summed E-state index contributed by atoms with van der Waals surface area (Å²) in [5.74, 6) is 0.829. The molecule has 1 atom stereocenters. The minimum atomic E-state index is -0.640. The van der Waals surface area contributed by atoms with Crippen molar-refractivity contribution in [2.75, 3.05) is 5.32 Å². The number of carbonyl (C=O) groups is 1. The Morgan fingerprint density at radius 2 is 1.95 bits per heavy atom. The zero-order chi connectivity index (χ0) is 16.1. The van der Waals surface area contributed by atoms with Crippen LogP contribution in [0.15, 0.2) is 24.3 Å². The van der Waals surface area contributed by atoms with Gasteiger partial charge in [0, 0.05) is 11.4 Å². The zero-order valence-electron chi connectivity index (χ0n) is 12.7. The Balaban J connectivity index is 1.90.